The van der Waals surface area contributed by atoms with Crippen LogP contribution in [0.15, 0.2) is 61.7 Å². The minimum Gasteiger partial charge on any atom is -0.398 e. The van der Waals surface area contributed by atoms with Crippen LogP contribution in [0.5, 0.6) is 0 Å². The maximum atomic E-state index is 6.06. The van der Waals surface area contributed by atoms with E-state index in [-0.39, 0.29) is 0 Å². The Morgan fingerprint density at radius 2 is 1.04 bits per heavy atom. The Hall–Kier alpha value is -2.48. The van der Waals surface area contributed by atoms with Crippen LogP contribution in [0.2, 0.25) is 0 Å². The van der Waals surface area contributed by atoms with E-state index in [2.05, 4.69) is 45.2 Å². The first-order valence-corrected chi connectivity index (χ1v) is 9.53. The zero-order chi connectivity index (χ0) is 19.4. The Bertz CT molecular complexity index is 649. The van der Waals surface area contributed by atoms with Gasteiger partial charge in [0.15, 0.2) is 0 Å². The number of para-hydroxylation sites is 2. The summed E-state index contributed by atoms with van der Waals surface area (Å²) in [5, 5.41) is 0. The second-order valence-corrected chi connectivity index (χ2v) is 6.47. The molecule has 2 nitrogen and oxygen atoms in total. The zero-order valence-corrected chi connectivity index (χ0v) is 16.4. The Labute approximate surface area is 159 Å². The quantitative estimate of drug-likeness (QED) is 0.460. The Balaban J connectivity index is 0.000000260. The minimum atomic E-state index is 0.830. The second kappa shape index (κ2) is 12.0. The van der Waals surface area contributed by atoms with Crippen LogP contribution in [-0.2, 0) is 25.7 Å². The average molecular weight is 351 g/mol. The summed E-state index contributed by atoms with van der Waals surface area (Å²) in [6.45, 7) is 11.8. The van der Waals surface area contributed by atoms with E-state index < -0.39 is 0 Å². The van der Waals surface area contributed by atoms with Crippen LogP contribution in [0.4, 0.5) is 11.4 Å². The smallest absolute Gasteiger partial charge is 0.0385 e. The lowest BCUT2D eigenvalue weighted by molar-refractivity contribution is 0.900. The van der Waals surface area contributed by atoms with Gasteiger partial charge in [0.05, 0.1) is 0 Å². The number of rotatable bonds is 8. The van der Waals surface area contributed by atoms with E-state index >= 15 is 0 Å². The van der Waals surface area contributed by atoms with Gasteiger partial charge in [-0.2, -0.15) is 0 Å². The molecular formula is C24H34N2. The van der Waals surface area contributed by atoms with Crippen molar-refractivity contribution in [1.82, 2.24) is 0 Å². The third-order valence-corrected chi connectivity index (χ3v) is 4.34. The topological polar surface area (TPSA) is 52.0 Å². The highest BCUT2D eigenvalue weighted by molar-refractivity contribution is 5.55. The zero-order valence-electron chi connectivity index (χ0n) is 16.4. The first-order valence-electron chi connectivity index (χ1n) is 9.53. The molecule has 2 rings (SSSR count). The van der Waals surface area contributed by atoms with E-state index in [4.69, 9.17) is 11.5 Å². The fourth-order valence-corrected chi connectivity index (χ4v) is 2.97. The average Bonchev–Trinajstić information content (AvgIpc) is 2.63. The normalized spacial score (nSPS) is 9.92. The first-order chi connectivity index (χ1) is 12.6. The summed E-state index contributed by atoms with van der Waals surface area (Å²) in [6, 6.07) is 12.5. The third kappa shape index (κ3) is 6.44. The predicted octanol–water partition coefficient (Wildman–Crippen LogP) is 5.90. The summed E-state index contributed by atoms with van der Waals surface area (Å²) in [5.41, 5.74) is 18.8. The maximum Gasteiger partial charge on any atom is 0.0385 e. The summed E-state index contributed by atoms with van der Waals surface area (Å²) in [6.07, 6.45) is 9.92. The van der Waals surface area contributed by atoms with Crippen molar-refractivity contribution >= 4 is 11.4 Å². The molecule has 0 saturated carbocycles. The molecule has 0 bridgehead atoms. The lowest BCUT2D eigenvalue weighted by Crippen LogP contribution is -1.99. The van der Waals surface area contributed by atoms with Gasteiger partial charge in [0.2, 0.25) is 0 Å². The van der Waals surface area contributed by atoms with Gasteiger partial charge in [0, 0.05) is 11.4 Å². The molecule has 4 N–H and O–H groups in total. The highest BCUT2D eigenvalue weighted by Crippen LogP contribution is 2.20. The molecule has 0 radical (unpaired) electrons. The Morgan fingerprint density at radius 3 is 1.38 bits per heavy atom. The van der Waals surface area contributed by atoms with Crippen molar-refractivity contribution in [1.29, 1.82) is 0 Å². The molecule has 0 aromatic heterocycles. The van der Waals surface area contributed by atoms with Crippen LogP contribution in [0.1, 0.15) is 48.9 Å². The van der Waals surface area contributed by atoms with Gasteiger partial charge in [0.1, 0.15) is 0 Å². The molecule has 0 aliphatic carbocycles. The highest BCUT2D eigenvalue weighted by Gasteiger charge is 2.02. The fraction of sp³-hybridized carbons (Fsp3) is 0.333. The lowest BCUT2D eigenvalue weighted by Gasteiger charge is -2.09. The van der Waals surface area contributed by atoms with Gasteiger partial charge < -0.3 is 11.5 Å². The minimum absolute atomic E-state index is 0.830. The van der Waals surface area contributed by atoms with Gasteiger partial charge in [-0.1, -0.05) is 75.2 Å². The lowest BCUT2D eigenvalue weighted by atomic mass is 10.0. The van der Waals surface area contributed by atoms with E-state index in [1.165, 1.54) is 24.0 Å². The van der Waals surface area contributed by atoms with Crippen molar-refractivity contribution < 1.29 is 0 Å². The van der Waals surface area contributed by atoms with Crippen molar-refractivity contribution in [2.75, 3.05) is 11.5 Å². The number of nitrogen functional groups attached to an aromatic ring is 2. The summed E-state index contributed by atoms with van der Waals surface area (Å²) in [7, 11) is 0. The summed E-state index contributed by atoms with van der Waals surface area (Å²) < 4.78 is 0. The van der Waals surface area contributed by atoms with Crippen LogP contribution in [0.3, 0.4) is 0 Å². The number of allylic oxidation sites excluding steroid dienone is 2. The van der Waals surface area contributed by atoms with Gasteiger partial charge >= 0.3 is 0 Å². The van der Waals surface area contributed by atoms with Gasteiger partial charge in [0.25, 0.3) is 0 Å². The van der Waals surface area contributed by atoms with Gasteiger partial charge in [-0.15, -0.1) is 13.2 Å². The Kier molecular flexibility index (Phi) is 9.93. The van der Waals surface area contributed by atoms with Gasteiger partial charge in [-0.3, -0.25) is 0 Å². The van der Waals surface area contributed by atoms with Crippen molar-refractivity contribution in [3.05, 3.63) is 84.0 Å². The molecule has 2 heteroatoms. The van der Waals surface area contributed by atoms with Crippen molar-refractivity contribution in [3.8, 4) is 0 Å². The van der Waals surface area contributed by atoms with Crippen LogP contribution in [-0.4, -0.2) is 0 Å². The summed E-state index contributed by atoms with van der Waals surface area (Å²) in [5.74, 6) is 0. The van der Waals surface area contributed by atoms with E-state index in [1.54, 1.807) is 0 Å². The van der Waals surface area contributed by atoms with E-state index in [0.29, 0.717) is 0 Å². The van der Waals surface area contributed by atoms with Crippen molar-refractivity contribution in [2.45, 2.75) is 52.4 Å². The summed E-state index contributed by atoms with van der Waals surface area (Å²) >= 11 is 0. The molecule has 0 aliphatic rings. The number of benzene rings is 2. The van der Waals surface area contributed by atoms with E-state index in [1.807, 2.05) is 30.4 Å². The first kappa shape index (κ1) is 21.6. The molecule has 2 aromatic rings. The number of hydrogen-bond donors (Lipinski definition) is 2. The molecule has 140 valence electrons. The number of hydrogen-bond acceptors (Lipinski definition) is 2. The fourth-order valence-electron chi connectivity index (χ4n) is 2.97. The molecule has 0 aliphatic heterocycles. The van der Waals surface area contributed by atoms with Crippen LogP contribution in [0, 0.1) is 0 Å². The monoisotopic (exact) mass is 350 g/mol. The van der Waals surface area contributed by atoms with Gasteiger partial charge in [-0.25, -0.2) is 0 Å². The molecule has 0 unspecified atom stereocenters. The molecular weight excluding hydrogens is 316 g/mol. The highest BCUT2D eigenvalue weighted by atomic mass is 14.6. The number of nitrogens with two attached hydrogens (primary N) is 2. The van der Waals surface area contributed by atoms with Crippen molar-refractivity contribution in [3.63, 3.8) is 0 Å². The van der Waals surface area contributed by atoms with Crippen LogP contribution in [0.25, 0.3) is 0 Å². The van der Waals surface area contributed by atoms with E-state index in [0.717, 1.165) is 48.2 Å². The second-order valence-electron chi connectivity index (χ2n) is 6.47. The standard InChI is InChI=1S/C12H19N.C12H15N/c2*1-3-6-10-8-5-9-11(7-4-2)12(10)13/h5,8-9H,3-4,6-7,13H2,1-2H3;3-5,8-9H,1-2,6-7,13H2. The molecule has 0 saturated heterocycles. The third-order valence-electron chi connectivity index (χ3n) is 4.34. The Morgan fingerprint density at radius 1 is 0.692 bits per heavy atom. The molecule has 0 fully saturated rings. The van der Waals surface area contributed by atoms with Crippen molar-refractivity contribution in [2.24, 2.45) is 0 Å². The molecule has 0 spiro atoms. The van der Waals surface area contributed by atoms with Crippen LogP contribution < -0.4 is 11.5 Å². The molecule has 0 atom stereocenters. The SMILES string of the molecule is C=CCc1cccc(CC=C)c1N.CCCc1cccc(CCC)c1N. The molecule has 0 heterocycles. The predicted molar refractivity (Wildman–Crippen MR) is 118 cm³/mol. The summed E-state index contributed by atoms with van der Waals surface area (Å²) in [4.78, 5) is 0. The van der Waals surface area contributed by atoms with Crippen LogP contribution >= 0.6 is 0 Å². The molecule has 2 aromatic carbocycles. The molecule has 26 heavy (non-hydrogen) atoms. The van der Waals surface area contributed by atoms with Gasteiger partial charge in [-0.05, 0) is 47.9 Å². The maximum absolute atomic E-state index is 6.06. The molecule has 0 amide bonds. The van der Waals surface area contributed by atoms with E-state index in [9.17, 15) is 0 Å². The number of anilines is 2. The largest absolute Gasteiger partial charge is 0.398 e. The number of aryl methyl sites for hydroxylation is 2.